The largest absolute Gasteiger partial charge is 0.321 e. The molecule has 0 radical (unpaired) electrons. The summed E-state index contributed by atoms with van der Waals surface area (Å²) in [4.78, 5) is 17.1. The van der Waals surface area contributed by atoms with E-state index >= 15 is 0 Å². The Morgan fingerprint density at radius 1 is 1.21 bits per heavy atom. The van der Waals surface area contributed by atoms with E-state index in [-0.39, 0.29) is 16.8 Å². The summed E-state index contributed by atoms with van der Waals surface area (Å²) in [6.07, 6.45) is 2.79. The molecule has 1 saturated heterocycles. The van der Waals surface area contributed by atoms with Gasteiger partial charge in [-0.2, -0.15) is 4.31 Å². The lowest BCUT2D eigenvalue weighted by molar-refractivity contribution is 0.102. The number of piperidine rings is 1. The first-order valence-electron chi connectivity index (χ1n) is 9.33. The lowest BCUT2D eigenvalue weighted by atomic mass is 10.1. The number of hydrogen-bond donors (Lipinski definition) is 1. The van der Waals surface area contributed by atoms with E-state index in [1.165, 1.54) is 35.6 Å². The maximum Gasteiger partial charge on any atom is 0.255 e. The number of rotatable bonds is 4. The summed E-state index contributed by atoms with van der Waals surface area (Å²) in [7, 11) is -3.56. The molecule has 1 fully saturated rings. The Balaban J connectivity index is 1.55. The minimum absolute atomic E-state index is 0.0107. The van der Waals surface area contributed by atoms with E-state index in [1.54, 1.807) is 21.9 Å². The van der Waals surface area contributed by atoms with Gasteiger partial charge in [0.2, 0.25) is 10.0 Å². The Morgan fingerprint density at radius 2 is 1.97 bits per heavy atom. The fraction of sp³-hybridized carbons (Fsp3) is 0.300. The number of aromatic nitrogens is 1. The Hall–Kier alpha value is -2.00. The molecule has 0 unspecified atom stereocenters. The van der Waals surface area contributed by atoms with Gasteiger partial charge in [0.05, 0.1) is 25.8 Å². The average molecular weight is 450 g/mol. The van der Waals surface area contributed by atoms with Gasteiger partial charge in [-0.3, -0.25) is 4.79 Å². The highest BCUT2D eigenvalue weighted by Crippen LogP contribution is 2.32. The van der Waals surface area contributed by atoms with Crippen LogP contribution in [0.2, 0.25) is 5.02 Å². The molecule has 9 heteroatoms. The van der Waals surface area contributed by atoms with E-state index in [9.17, 15) is 13.2 Å². The highest BCUT2D eigenvalue weighted by Gasteiger charge is 2.30. The SMILES string of the molecule is C[C@@H]1CCCCN1S(=O)(=O)c1ccc(C(=O)Nc2ccc(Cl)c3ncsc23)cc1. The van der Waals surface area contributed by atoms with Crippen molar-refractivity contribution in [2.45, 2.75) is 37.1 Å². The molecule has 1 amide bonds. The summed E-state index contributed by atoms with van der Waals surface area (Å²) in [5, 5.41) is 3.38. The zero-order valence-electron chi connectivity index (χ0n) is 15.8. The molecule has 0 spiro atoms. The molecule has 29 heavy (non-hydrogen) atoms. The third-order valence-electron chi connectivity index (χ3n) is 5.15. The van der Waals surface area contributed by atoms with Crippen molar-refractivity contribution >= 4 is 54.8 Å². The number of amides is 1. The topological polar surface area (TPSA) is 79.4 Å². The zero-order chi connectivity index (χ0) is 20.6. The fourth-order valence-corrected chi connectivity index (χ4v) is 6.30. The van der Waals surface area contributed by atoms with Gasteiger partial charge in [0, 0.05) is 18.2 Å². The predicted octanol–water partition coefficient (Wildman–Crippen LogP) is 4.77. The van der Waals surface area contributed by atoms with Crippen LogP contribution in [0.5, 0.6) is 0 Å². The number of hydrogen-bond acceptors (Lipinski definition) is 5. The molecule has 1 atom stereocenters. The van der Waals surface area contributed by atoms with Crippen LogP contribution in [0.15, 0.2) is 46.8 Å². The third kappa shape index (κ3) is 3.90. The molecule has 1 aliphatic rings. The molecule has 1 N–H and O–H groups in total. The summed E-state index contributed by atoms with van der Waals surface area (Å²) in [6.45, 7) is 2.47. The molecule has 2 heterocycles. The van der Waals surface area contributed by atoms with Crippen LogP contribution >= 0.6 is 22.9 Å². The number of carbonyl (C=O) groups is 1. The number of anilines is 1. The van der Waals surface area contributed by atoms with Crippen molar-refractivity contribution < 1.29 is 13.2 Å². The summed E-state index contributed by atoms with van der Waals surface area (Å²) in [5.41, 5.74) is 3.32. The van der Waals surface area contributed by atoms with Crippen molar-refractivity contribution in [1.29, 1.82) is 0 Å². The minimum Gasteiger partial charge on any atom is -0.321 e. The maximum absolute atomic E-state index is 12.9. The normalized spacial score (nSPS) is 18.1. The second-order valence-electron chi connectivity index (χ2n) is 7.06. The van der Waals surface area contributed by atoms with Crippen molar-refractivity contribution in [2.24, 2.45) is 0 Å². The fourth-order valence-electron chi connectivity index (χ4n) is 3.55. The van der Waals surface area contributed by atoms with E-state index in [1.807, 2.05) is 6.92 Å². The van der Waals surface area contributed by atoms with Crippen LogP contribution in [0.3, 0.4) is 0 Å². The van der Waals surface area contributed by atoms with Crippen LogP contribution in [0.25, 0.3) is 10.2 Å². The molecule has 1 aliphatic heterocycles. The van der Waals surface area contributed by atoms with E-state index in [2.05, 4.69) is 10.3 Å². The maximum atomic E-state index is 12.9. The summed E-state index contributed by atoms with van der Waals surface area (Å²) < 4.78 is 28.2. The Labute approximate surface area is 178 Å². The second kappa shape index (κ2) is 8.02. The number of halogens is 1. The lowest BCUT2D eigenvalue weighted by Crippen LogP contribution is -2.41. The molecule has 2 aromatic carbocycles. The molecule has 3 aromatic rings. The van der Waals surface area contributed by atoms with E-state index < -0.39 is 10.0 Å². The van der Waals surface area contributed by atoms with Crippen molar-refractivity contribution in [3.8, 4) is 0 Å². The summed E-state index contributed by atoms with van der Waals surface area (Å²) >= 11 is 7.52. The van der Waals surface area contributed by atoms with Crippen molar-refractivity contribution in [1.82, 2.24) is 9.29 Å². The quantitative estimate of drug-likeness (QED) is 0.622. The van der Waals surface area contributed by atoms with E-state index in [0.717, 1.165) is 24.0 Å². The Kier molecular flexibility index (Phi) is 5.61. The monoisotopic (exact) mass is 449 g/mol. The van der Waals surface area contributed by atoms with Crippen molar-refractivity contribution in [2.75, 3.05) is 11.9 Å². The van der Waals surface area contributed by atoms with Gasteiger partial charge in [-0.05, 0) is 56.2 Å². The average Bonchev–Trinajstić information content (AvgIpc) is 3.21. The highest BCUT2D eigenvalue weighted by atomic mass is 35.5. The second-order valence-corrected chi connectivity index (χ2v) is 10.2. The van der Waals surface area contributed by atoms with Crippen LogP contribution in [-0.4, -0.2) is 36.2 Å². The number of benzene rings is 2. The highest BCUT2D eigenvalue weighted by molar-refractivity contribution is 7.89. The Morgan fingerprint density at radius 3 is 2.69 bits per heavy atom. The van der Waals surface area contributed by atoms with Crippen LogP contribution in [0.1, 0.15) is 36.5 Å². The number of nitrogens with zero attached hydrogens (tertiary/aromatic N) is 2. The van der Waals surface area contributed by atoms with Gasteiger partial charge < -0.3 is 5.32 Å². The van der Waals surface area contributed by atoms with Gasteiger partial charge in [0.15, 0.2) is 0 Å². The van der Waals surface area contributed by atoms with Crippen molar-refractivity contribution in [3.63, 3.8) is 0 Å². The van der Waals surface area contributed by atoms with Crippen LogP contribution in [0.4, 0.5) is 5.69 Å². The number of nitrogens with one attached hydrogen (secondary N) is 1. The summed E-state index contributed by atoms with van der Waals surface area (Å²) in [5.74, 6) is -0.322. The molecule has 6 nitrogen and oxygen atoms in total. The molecule has 1 aromatic heterocycles. The van der Waals surface area contributed by atoms with Crippen LogP contribution in [0, 0.1) is 0 Å². The molecular weight excluding hydrogens is 430 g/mol. The number of fused-ring (bicyclic) bond motifs is 1. The number of sulfonamides is 1. The smallest absolute Gasteiger partial charge is 0.255 e. The van der Waals surface area contributed by atoms with Gasteiger partial charge in [-0.1, -0.05) is 18.0 Å². The first kappa shape index (κ1) is 20.3. The minimum atomic E-state index is -3.56. The first-order chi connectivity index (χ1) is 13.9. The first-order valence-corrected chi connectivity index (χ1v) is 12.0. The molecule has 0 saturated carbocycles. The number of thiazole rings is 1. The molecular formula is C20H20ClN3O3S2. The molecule has 0 bridgehead atoms. The lowest BCUT2D eigenvalue weighted by Gasteiger charge is -2.32. The molecule has 0 aliphatic carbocycles. The standard InChI is InChI=1S/C20H20ClN3O3S2/c1-13-4-2-3-11-24(13)29(26,27)15-7-5-14(6-8-15)20(25)23-17-10-9-16(21)18-19(17)28-12-22-18/h5-10,12-13H,2-4,11H2,1H3,(H,23,25)/t13-/m1/s1. The van der Waals surface area contributed by atoms with Crippen LogP contribution in [-0.2, 0) is 10.0 Å². The van der Waals surface area contributed by atoms with Gasteiger partial charge in [-0.15, -0.1) is 11.3 Å². The zero-order valence-corrected chi connectivity index (χ0v) is 18.1. The summed E-state index contributed by atoms with van der Waals surface area (Å²) in [6, 6.07) is 9.48. The van der Waals surface area contributed by atoms with Gasteiger partial charge in [0.1, 0.15) is 5.52 Å². The Bertz CT molecular complexity index is 1160. The van der Waals surface area contributed by atoms with Gasteiger partial charge >= 0.3 is 0 Å². The molecule has 4 rings (SSSR count). The van der Waals surface area contributed by atoms with Crippen molar-refractivity contribution in [3.05, 3.63) is 52.5 Å². The van der Waals surface area contributed by atoms with Crippen LogP contribution < -0.4 is 5.32 Å². The van der Waals surface area contributed by atoms with Gasteiger partial charge in [0.25, 0.3) is 5.91 Å². The van der Waals surface area contributed by atoms with E-state index in [0.29, 0.717) is 28.3 Å². The van der Waals surface area contributed by atoms with Gasteiger partial charge in [-0.25, -0.2) is 13.4 Å². The third-order valence-corrected chi connectivity index (χ3v) is 8.34. The predicted molar refractivity (Wildman–Crippen MR) is 116 cm³/mol. The molecule has 152 valence electrons. The number of carbonyl (C=O) groups excluding carboxylic acids is 1. The van der Waals surface area contributed by atoms with E-state index in [4.69, 9.17) is 11.6 Å².